The summed E-state index contributed by atoms with van der Waals surface area (Å²) >= 11 is 6.83. The number of aromatic nitrogens is 1. The van der Waals surface area contributed by atoms with Crippen LogP contribution in [0.15, 0.2) is 49.8 Å². The number of hydrogen-bond acceptors (Lipinski definition) is 3. The van der Waals surface area contributed by atoms with Crippen LogP contribution >= 0.6 is 31.9 Å². The molecule has 0 spiro atoms. The van der Waals surface area contributed by atoms with E-state index < -0.39 is 0 Å². The van der Waals surface area contributed by atoms with Crippen molar-refractivity contribution in [1.82, 2.24) is 4.98 Å². The van der Waals surface area contributed by atoms with Crippen LogP contribution < -0.4 is 5.73 Å². The van der Waals surface area contributed by atoms with Crippen LogP contribution in [0.2, 0.25) is 0 Å². The molecule has 0 atom stereocenters. The molecule has 0 unspecified atom stereocenters. The zero-order valence-corrected chi connectivity index (χ0v) is 12.3. The second kappa shape index (κ2) is 4.40. The summed E-state index contributed by atoms with van der Waals surface area (Å²) in [4.78, 5) is 4.45. The van der Waals surface area contributed by atoms with Crippen molar-refractivity contribution in [1.29, 1.82) is 0 Å². The van der Waals surface area contributed by atoms with Crippen molar-refractivity contribution in [3.63, 3.8) is 0 Å². The largest absolute Gasteiger partial charge is 0.436 e. The molecule has 1 aromatic heterocycles. The van der Waals surface area contributed by atoms with E-state index in [0.29, 0.717) is 11.6 Å². The van der Waals surface area contributed by atoms with E-state index in [4.69, 9.17) is 10.2 Å². The predicted octanol–water partition coefficient (Wildman–Crippen LogP) is 4.60. The summed E-state index contributed by atoms with van der Waals surface area (Å²) < 4.78 is 7.34. The number of oxazole rings is 1. The molecule has 0 saturated heterocycles. The van der Waals surface area contributed by atoms with Gasteiger partial charge in [-0.15, -0.1) is 0 Å². The van der Waals surface area contributed by atoms with E-state index in [1.54, 1.807) is 0 Å². The summed E-state index contributed by atoms with van der Waals surface area (Å²) in [5.41, 5.74) is 9.01. The maximum Gasteiger partial charge on any atom is 0.227 e. The zero-order chi connectivity index (χ0) is 12.7. The van der Waals surface area contributed by atoms with Crippen molar-refractivity contribution < 1.29 is 4.42 Å². The molecule has 0 bridgehead atoms. The van der Waals surface area contributed by atoms with Crippen molar-refractivity contribution >= 4 is 48.6 Å². The molecule has 0 fully saturated rings. The van der Waals surface area contributed by atoms with Crippen LogP contribution in [0.25, 0.3) is 22.6 Å². The average Bonchev–Trinajstić information content (AvgIpc) is 2.79. The van der Waals surface area contributed by atoms with Gasteiger partial charge in [-0.1, -0.05) is 12.1 Å². The van der Waals surface area contributed by atoms with Crippen molar-refractivity contribution in [2.75, 3.05) is 5.73 Å². The Morgan fingerprint density at radius 1 is 1.06 bits per heavy atom. The van der Waals surface area contributed by atoms with E-state index in [-0.39, 0.29) is 0 Å². The normalized spacial score (nSPS) is 11.0. The molecule has 5 heteroatoms. The fraction of sp³-hybridized carbons (Fsp3) is 0. The highest BCUT2D eigenvalue weighted by Crippen LogP contribution is 2.34. The summed E-state index contributed by atoms with van der Waals surface area (Å²) in [5, 5.41) is 0. The molecule has 0 aliphatic heterocycles. The zero-order valence-electron chi connectivity index (χ0n) is 9.15. The SMILES string of the molecule is Nc1c(Br)cc(-c2nc3ccccc3o2)cc1Br. The smallest absolute Gasteiger partial charge is 0.227 e. The van der Waals surface area contributed by atoms with E-state index in [2.05, 4.69) is 36.8 Å². The number of nitrogen functional groups attached to an aromatic ring is 1. The molecule has 3 nitrogen and oxygen atoms in total. The lowest BCUT2D eigenvalue weighted by atomic mass is 10.2. The number of fused-ring (bicyclic) bond motifs is 1. The molecule has 0 amide bonds. The summed E-state index contributed by atoms with van der Waals surface area (Å²) in [6.45, 7) is 0. The van der Waals surface area contributed by atoms with Gasteiger partial charge in [-0.25, -0.2) is 4.98 Å². The van der Waals surface area contributed by atoms with Crippen LogP contribution in [0.5, 0.6) is 0 Å². The third-order valence-corrected chi connectivity index (χ3v) is 3.93. The Hall–Kier alpha value is -1.33. The van der Waals surface area contributed by atoms with Gasteiger partial charge in [-0.3, -0.25) is 0 Å². The number of para-hydroxylation sites is 2. The van der Waals surface area contributed by atoms with Crippen LogP contribution in [0, 0.1) is 0 Å². The Morgan fingerprint density at radius 3 is 2.39 bits per heavy atom. The molecule has 2 N–H and O–H groups in total. The number of nitrogens with zero attached hydrogens (tertiary/aromatic N) is 1. The fourth-order valence-electron chi connectivity index (χ4n) is 1.70. The monoisotopic (exact) mass is 366 g/mol. The second-order valence-corrected chi connectivity index (χ2v) is 5.55. The van der Waals surface area contributed by atoms with E-state index in [0.717, 1.165) is 25.6 Å². The van der Waals surface area contributed by atoms with Gasteiger partial charge >= 0.3 is 0 Å². The van der Waals surface area contributed by atoms with Crippen LogP contribution in [0.1, 0.15) is 0 Å². The highest BCUT2D eigenvalue weighted by atomic mass is 79.9. The number of nitrogens with two attached hydrogens (primary N) is 1. The Morgan fingerprint density at radius 2 is 1.72 bits per heavy atom. The van der Waals surface area contributed by atoms with Crippen LogP contribution in [0.4, 0.5) is 5.69 Å². The highest BCUT2D eigenvalue weighted by Gasteiger charge is 2.11. The Kier molecular flexibility index (Phi) is 2.87. The van der Waals surface area contributed by atoms with E-state index >= 15 is 0 Å². The minimum atomic E-state index is 0.581. The molecule has 3 rings (SSSR count). The van der Waals surface area contributed by atoms with Gasteiger partial charge in [0.15, 0.2) is 5.58 Å². The molecule has 18 heavy (non-hydrogen) atoms. The van der Waals surface area contributed by atoms with Gasteiger partial charge in [0, 0.05) is 14.5 Å². The van der Waals surface area contributed by atoms with Crippen LogP contribution in [0.3, 0.4) is 0 Å². The van der Waals surface area contributed by atoms with Gasteiger partial charge in [-0.2, -0.15) is 0 Å². The standard InChI is InChI=1S/C13H8Br2N2O/c14-8-5-7(6-9(15)12(8)16)13-17-10-3-1-2-4-11(10)18-13/h1-6H,16H2. The van der Waals surface area contributed by atoms with Crippen molar-refractivity contribution in [3.8, 4) is 11.5 Å². The summed E-state index contributed by atoms with van der Waals surface area (Å²) in [6.07, 6.45) is 0. The van der Waals surface area contributed by atoms with Gasteiger partial charge in [-0.05, 0) is 56.1 Å². The van der Waals surface area contributed by atoms with Gasteiger partial charge in [0.25, 0.3) is 0 Å². The van der Waals surface area contributed by atoms with Crippen molar-refractivity contribution in [2.24, 2.45) is 0 Å². The molecule has 1 heterocycles. The first-order valence-corrected chi connectivity index (χ1v) is 6.84. The Labute approximate surface area is 120 Å². The third kappa shape index (κ3) is 1.93. The van der Waals surface area contributed by atoms with E-state index in [1.165, 1.54) is 0 Å². The third-order valence-electron chi connectivity index (χ3n) is 2.62. The number of rotatable bonds is 1. The van der Waals surface area contributed by atoms with Gasteiger partial charge in [0.2, 0.25) is 5.89 Å². The summed E-state index contributed by atoms with van der Waals surface area (Å²) in [7, 11) is 0. The van der Waals surface area contributed by atoms with E-state index in [1.807, 2.05) is 36.4 Å². The van der Waals surface area contributed by atoms with Crippen LogP contribution in [-0.2, 0) is 0 Å². The van der Waals surface area contributed by atoms with Crippen molar-refractivity contribution in [2.45, 2.75) is 0 Å². The fourth-order valence-corrected chi connectivity index (χ4v) is 2.89. The first-order chi connectivity index (χ1) is 8.65. The maximum atomic E-state index is 5.86. The molecular weight excluding hydrogens is 360 g/mol. The molecule has 0 aliphatic carbocycles. The summed E-state index contributed by atoms with van der Waals surface area (Å²) in [5.74, 6) is 0.581. The predicted molar refractivity (Wildman–Crippen MR) is 79.3 cm³/mol. The Bertz CT molecular complexity index is 681. The molecule has 0 saturated carbocycles. The lowest BCUT2D eigenvalue weighted by Gasteiger charge is -2.03. The molecule has 90 valence electrons. The first kappa shape index (κ1) is 11.7. The molecular formula is C13H8Br2N2O. The highest BCUT2D eigenvalue weighted by molar-refractivity contribution is 9.11. The number of benzene rings is 2. The minimum Gasteiger partial charge on any atom is -0.436 e. The molecule has 0 radical (unpaired) electrons. The van der Waals surface area contributed by atoms with Gasteiger partial charge < -0.3 is 10.2 Å². The maximum absolute atomic E-state index is 5.86. The minimum absolute atomic E-state index is 0.581. The van der Waals surface area contributed by atoms with Crippen molar-refractivity contribution in [3.05, 3.63) is 45.3 Å². The van der Waals surface area contributed by atoms with E-state index in [9.17, 15) is 0 Å². The van der Waals surface area contributed by atoms with Gasteiger partial charge in [0.1, 0.15) is 5.52 Å². The topological polar surface area (TPSA) is 52.0 Å². The first-order valence-electron chi connectivity index (χ1n) is 5.25. The Balaban J connectivity index is 2.20. The quantitative estimate of drug-likeness (QED) is 0.639. The van der Waals surface area contributed by atoms with Crippen LogP contribution in [-0.4, -0.2) is 4.98 Å². The molecule has 2 aromatic carbocycles. The lowest BCUT2D eigenvalue weighted by molar-refractivity contribution is 0.620. The second-order valence-electron chi connectivity index (χ2n) is 3.84. The number of anilines is 1. The number of hydrogen-bond donors (Lipinski definition) is 1. The molecule has 0 aliphatic rings. The average molecular weight is 368 g/mol. The lowest BCUT2D eigenvalue weighted by Crippen LogP contribution is -1.89. The molecule has 3 aromatic rings. The number of halogens is 2. The van der Waals surface area contributed by atoms with Gasteiger partial charge in [0.05, 0.1) is 5.69 Å². The summed E-state index contributed by atoms with van der Waals surface area (Å²) in [6, 6.07) is 11.5.